The fourth-order valence-electron chi connectivity index (χ4n) is 1.14. The molecule has 0 saturated heterocycles. The molecule has 0 aliphatic carbocycles. The molecule has 0 spiro atoms. The Labute approximate surface area is 98.1 Å². The molecule has 0 amide bonds. The predicted molar refractivity (Wildman–Crippen MR) is 64.3 cm³/mol. The molecule has 64 valence electrons. The average molecular weight is 320 g/mol. The van der Waals surface area contributed by atoms with Crippen LogP contribution in [0.1, 0.15) is 5.56 Å². The van der Waals surface area contributed by atoms with Crippen molar-refractivity contribution in [1.29, 1.82) is 5.26 Å². The molecule has 0 aliphatic rings. The van der Waals surface area contributed by atoms with Gasteiger partial charge in [-0.25, -0.2) is 0 Å². The van der Waals surface area contributed by atoms with E-state index in [1.54, 1.807) is 11.3 Å². The van der Waals surface area contributed by atoms with E-state index in [2.05, 4.69) is 28.7 Å². The number of rotatable bonds is 0. The third kappa shape index (κ3) is 1.43. The first kappa shape index (κ1) is 9.25. The molecule has 1 nitrogen and oxygen atoms in total. The van der Waals surface area contributed by atoms with E-state index in [1.807, 2.05) is 17.5 Å². The van der Waals surface area contributed by atoms with Gasteiger partial charge in [0.1, 0.15) is 6.07 Å². The first-order chi connectivity index (χ1) is 6.24. The Kier molecular flexibility index (Phi) is 2.45. The lowest BCUT2D eigenvalue weighted by atomic mass is 10.2. The third-order valence-corrected chi connectivity index (χ3v) is 4.04. The zero-order valence-electron chi connectivity index (χ0n) is 6.34. The van der Waals surface area contributed by atoms with Crippen LogP contribution in [0.2, 0.25) is 5.02 Å². The second-order valence-electron chi connectivity index (χ2n) is 2.49. The van der Waals surface area contributed by atoms with Crippen molar-refractivity contribution >= 4 is 55.6 Å². The van der Waals surface area contributed by atoms with Crippen molar-refractivity contribution in [2.45, 2.75) is 0 Å². The summed E-state index contributed by atoms with van der Waals surface area (Å²) in [6, 6.07) is 5.97. The topological polar surface area (TPSA) is 23.8 Å². The van der Waals surface area contributed by atoms with Crippen molar-refractivity contribution < 1.29 is 0 Å². The molecule has 0 N–H and O–H groups in total. The summed E-state index contributed by atoms with van der Waals surface area (Å²) in [7, 11) is 0. The molecule has 1 aromatic heterocycles. The number of hydrogen-bond donors (Lipinski definition) is 0. The van der Waals surface area contributed by atoms with Gasteiger partial charge >= 0.3 is 0 Å². The van der Waals surface area contributed by atoms with Crippen molar-refractivity contribution in [2.24, 2.45) is 0 Å². The Morgan fingerprint density at radius 3 is 3.00 bits per heavy atom. The zero-order valence-corrected chi connectivity index (χ0v) is 10.1. The van der Waals surface area contributed by atoms with Crippen LogP contribution >= 0.6 is 45.5 Å². The van der Waals surface area contributed by atoms with Crippen molar-refractivity contribution in [3.8, 4) is 6.07 Å². The first-order valence-electron chi connectivity index (χ1n) is 3.49. The lowest BCUT2D eigenvalue weighted by Crippen LogP contribution is -1.83. The Morgan fingerprint density at radius 1 is 1.54 bits per heavy atom. The van der Waals surface area contributed by atoms with E-state index < -0.39 is 0 Å². The van der Waals surface area contributed by atoms with Crippen LogP contribution in [0, 0.1) is 14.9 Å². The highest BCUT2D eigenvalue weighted by Gasteiger charge is 2.09. The van der Waals surface area contributed by atoms with Gasteiger partial charge in [0, 0.05) is 13.7 Å². The van der Waals surface area contributed by atoms with Gasteiger partial charge in [-0.15, -0.1) is 11.3 Å². The number of thiophene rings is 1. The van der Waals surface area contributed by atoms with E-state index >= 15 is 0 Å². The van der Waals surface area contributed by atoms with Crippen LogP contribution in [0.4, 0.5) is 0 Å². The molecule has 1 aromatic carbocycles. The van der Waals surface area contributed by atoms with E-state index in [-0.39, 0.29) is 0 Å². The van der Waals surface area contributed by atoms with Gasteiger partial charge in [0.15, 0.2) is 0 Å². The van der Waals surface area contributed by atoms with Crippen LogP contribution in [0.25, 0.3) is 10.1 Å². The highest BCUT2D eigenvalue weighted by atomic mass is 127. The molecule has 0 radical (unpaired) electrons. The summed E-state index contributed by atoms with van der Waals surface area (Å²) in [5.74, 6) is 0. The quantitative estimate of drug-likeness (QED) is 0.673. The van der Waals surface area contributed by atoms with Gasteiger partial charge in [-0.1, -0.05) is 11.6 Å². The SMILES string of the molecule is N#Cc1c(Cl)cc2sccc2c1I. The standard InChI is InChI=1S/C9H3ClINS/c10-7-3-8-5(1-2-13-8)9(11)6(7)4-12/h1-3H. The van der Waals surface area contributed by atoms with Gasteiger partial charge in [-0.3, -0.25) is 0 Å². The molecule has 0 fully saturated rings. The minimum Gasteiger partial charge on any atom is -0.192 e. The molecule has 0 atom stereocenters. The number of nitriles is 1. The lowest BCUT2D eigenvalue weighted by molar-refractivity contribution is 1.48. The highest BCUT2D eigenvalue weighted by Crippen LogP contribution is 2.32. The van der Waals surface area contributed by atoms with E-state index in [4.69, 9.17) is 16.9 Å². The van der Waals surface area contributed by atoms with Gasteiger partial charge in [-0.05, 0) is 40.1 Å². The summed E-state index contributed by atoms with van der Waals surface area (Å²) in [5.41, 5.74) is 0.577. The Morgan fingerprint density at radius 2 is 2.31 bits per heavy atom. The molecule has 0 saturated carbocycles. The van der Waals surface area contributed by atoms with Crippen LogP contribution in [-0.4, -0.2) is 0 Å². The lowest BCUT2D eigenvalue weighted by Gasteiger charge is -1.99. The first-order valence-corrected chi connectivity index (χ1v) is 5.83. The van der Waals surface area contributed by atoms with Crippen molar-refractivity contribution in [1.82, 2.24) is 0 Å². The zero-order chi connectivity index (χ0) is 9.42. The number of benzene rings is 1. The van der Waals surface area contributed by atoms with Crippen molar-refractivity contribution in [3.05, 3.63) is 31.7 Å². The summed E-state index contributed by atoms with van der Waals surface area (Å²) < 4.78 is 2.08. The second kappa shape index (κ2) is 3.45. The molecule has 0 aliphatic heterocycles. The smallest absolute Gasteiger partial charge is 0.102 e. The van der Waals surface area contributed by atoms with Crippen LogP contribution in [-0.2, 0) is 0 Å². The number of hydrogen-bond acceptors (Lipinski definition) is 2. The number of fused-ring (bicyclic) bond motifs is 1. The maximum atomic E-state index is 8.86. The minimum atomic E-state index is 0.543. The third-order valence-electron chi connectivity index (χ3n) is 1.76. The van der Waals surface area contributed by atoms with Gasteiger partial charge in [0.05, 0.1) is 10.6 Å². The fourth-order valence-corrected chi connectivity index (χ4v) is 3.51. The molecular weight excluding hydrogens is 317 g/mol. The number of halogens is 2. The van der Waals surface area contributed by atoms with Gasteiger partial charge in [0.2, 0.25) is 0 Å². The second-order valence-corrected chi connectivity index (χ2v) is 4.93. The maximum absolute atomic E-state index is 8.86. The van der Waals surface area contributed by atoms with Gasteiger partial charge in [-0.2, -0.15) is 5.26 Å². The van der Waals surface area contributed by atoms with E-state index in [9.17, 15) is 0 Å². The van der Waals surface area contributed by atoms with Crippen LogP contribution < -0.4 is 0 Å². The van der Waals surface area contributed by atoms with Crippen LogP contribution in [0.3, 0.4) is 0 Å². The fraction of sp³-hybridized carbons (Fsp3) is 0. The number of nitrogens with zero attached hydrogens (tertiary/aromatic N) is 1. The van der Waals surface area contributed by atoms with E-state index in [0.29, 0.717) is 10.6 Å². The molecule has 13 heavy (non-hydrogen) atoms. The summed E-state index contributed by atoms with van der Waals surface area (Å²) in [5, 5.41) is 12.5. The van der Waals surface area contributed by atoms with Crippen LogP contribution in [0.15, 0.2) is 17.5 Å². The minimum absolute atomic E-state index is 0.543. The highest BCUT2D eigenvalue weighted by molar-refractivity contribution is 14.1. The van der Waals surface area contributed by atoms with Crippen molar-refractivity contribution in [2.75, 3.05) is 0 Å². The van der Waals surface area contributed by atoms with Gasteiger partial charge < -0.3 is 0 Å². The summed E-state index contributed by atoms with van der Waals surface area (Å²) in [6.45, 7) is 0. The molecular formula is C9H3ClINS. The summed E-state index contributed by atoms with van der Waals surface area (Å²) in [6.07, 6.45) is 0. The summed E-state index contributed by atoms with van der Waals surface area (Å²) >= 11 is 9.74. The summed E-state index contributed by atoms with van der Waals surface area (Å²) in [4.78, 5) is 0. The normalized spacial score (nSPS) is 10.2. The molecule has 0 unspecified atom stereocenters. The Hall–Kier alpha value is -0.310. The van der Waals surface area contributed by atoms with E-state index in [1.165, 1.54) is 0 Å². The largest absolute Gasteiger partial charge is 0.192 e. The molecule has 2 rings (SSSR count). The van der Waals surface area contributed by atoms with E-state index in [0.717, 1.165) is 13.7 Å². The maximum Gasteiger partial charge on any atom is 0.102 e. The molecule has 0 bridgehead atoms. The Bertz CT molecular complexity index is 512. The predicted octanol–water partition coefficient (Wildman–Crippen LogP) is 4.03. The molecule has 1 heterocycles. The Balaban J connectivity index is 2.95. The monoisotopic (exact) mass is 319 g/mol. The molecule has 4 heteroatoms. The van der Waals surface area contributed by atoms with Crippen LogP contribution in [0.5, 0.6) is 0 Å². The van der Waals surface area contributed by atoms with Crippen molar-refractivity contribution in [3.63, 3.8) is 0 Å². The van der Waals surface area contributed by atoms with Gasteiger partial charge in [0.25, 0.3) is 0 Å². The average Bonchev–Trinajstić information content (AvgIpc) is 2.53. The molecule has 2 aromatic rings.